The lowest BCUT2D eigenvalue weighted by Gasteiger charge is -2.14. The van der Waals surface area contributed by atoms with Crippen molar-refractivity contribution in [2.45, 2.75) is 16.8 Å². The normalized spacial score (nSPS) is 12.1. The van der Waals surface area contributed by atoms with Gasteiger partial charge >= 0.3 is 0 Å². The molecule has 0 aliphatic rings. The van der Waals surface area contributed by atoms with E-state index in [1.807, 2.05) is 30.3 Å². The van der Waals surface area contributed by atoms with Crippen LogP contribution in [0.4, 0.5) is 8.78 Å². The summed E-state index contributed by atoms with van der Waals surface area (Å²) in [6.45, 7) is 0. The topological polar surface area (TPSA) is 26.3 Å². The maximum Gasteiger partial charge on any atom is 0.176 e. The Hall–Kier alpha value is -1.72. The lowest BCUT2D eigenvalue weighted by molar-refractivity contribution is -0.123. The highest BCUT2D eigenvalue weighted by Crippen LogP contribution is 2.25. The molecule has 21 heavy (non-hydrogen) atoms. The second-order valence-corrected chi connectivity index (χ2v) is 5.48. The number of ether oxygens (including phenoxy) is 1. The minimum absolute atomic E-state index is 0.224. The molecule has 2 rings (SSSR count). The zero-order chi connectivity index (χ0) is 15.2. The number of benzene rings is 2. The van der Waals surface area contributed by atoms with E-state index in [2.05, 4.69) is 0 Å². The highest BCUT2D eigenvalue weighted by atomic mass is 32.2. The van der Waals surface area contributed by atoms with Gasteiger partial charge in [0.1, 0.15) is 11.6 Å². The Kier molecular flexibility index (Phi) is 5.47. The Morgan fingerprint density at radius 1 is 1.10 bits per heavy atom. The molecular formula is C16H14F2O2S. The summed E-state index contributed by atoms with van der Waals surface area (Å²) in [6, 6.07) is 12.8. The summed E-state index contributed by atoms with van der Waals surface area (Å²) in [6.07, 6.45) is -0.336. The molecule has 0 amide bonds. The fourth-order valence-electron chi connectivity index (χ4n) is 1.83. The van der Waals surface area contributed by atoms with Crippen molar-refractivity contribution in [3.63, 3.8) is 0 Å². The number of hydrogen-bond donors (Lipinski definition) is 0. The maximum atomic E-state index is 13.6. The van der Waals surface area contributed by atoms with Crippen LogP contribution in [0.1, 0.15) is 5.56 Å². The van der Waals surface area contributed by atoms with E-state index >= 15 is 0 Å². The molecule has 0 N–H and O–H groups in total. The first-order chi connectivity index (χ1) is 10.1. The van der Waals surface area contributed by atoms with E-state index < -0.39 is 17.1 Å². The van der Waals surface area contributed by atoms with Crippen LogP contribution < -0.4 is 0 Å². The van der Waals surface area contributed by atoms with Crippen LogP contribution in [0.25, 0.3) is 0 Å². The second kappa shape index (κ2) is 7.33. The fraction of sp³-hybridized carbons (Fsp3) is 0.188. The molecule has 0 bridgehead atoms. The van der Waals surface area contributed by atoms with Crippen LogP contribution in [0.5, 0.6) is 0 Å². The summed E-state index contributed by atoms with van der Waals surface area (Å²) in [5.74, 6) is -1.82. The van der Waals surface area contributed by atoms with Crippen molar-refractivity contribution in [2.75, 3.05) is 7.11 Å². The lowest BCUT2D eigenvalue weighted by Crippen LogP contribution is -2.22. The number of ketones is 1. The molecular weight excluding hydrogens is 294 g/mol. The molecule has 0 saturated heterocycles. The molecule has 0 aliphatic heterocycles. The predicted molar refractivity (Wildman–Crippen MR) is 78.2 cm³/mol. The summed E-state index contributed by atoms with van der Waals surface area (Å²) >= 11 is 1.21. The summed E-state index contributed by atoms with van der Waals surface area (Å²) < 4.78 is 32.3. The van der Waals surface area contributed by atoms with Crippen LogP contribution in [0, 0.1) is 11.6 Å². The molecule has 0 heterocycles. The minimum Gasteiger partial charge on any atom is -0.363 e. The Morgan fingerprint density at radius 3 is 2.29 bits per heavy atom. The number of methoxy groups -OCH3 is 1. The molecule has 0 aliphatic carbocycles. The van der Waals surface area contributed by atoms with Gasteiger partial charge in [-0.25, -0.2) is 8.78 Å². The quantitative estimate of drug-likeness (QED) is 0.599. The zero-order valence-corrected chi connectivity index (χ0v) is 12.2. The molecule has 2 aromatic rings. The van der Waals surface area contributed by atoms with E-state index in [1.54, 1.807) is 0 Å². The Labute approximate surface area is 126 Å². The number of halogens is 2. The van der Waals surface area contributed by atoms with Crippen LogP contribution >= 0.6 is 11.8 Å². The number of hydrogen-bond acceptors (Lipinski definition) is 3. The SMILES string of the molecule is COC(Sc1ccccc1)C(=O)Cc1c(F)cccc1F. The molecule has 2 nitrogen and oxygen atoms in total. The average molecular weight is 308 g/mol. The van der Waals surface area contributed by atoms with Crippen molar-refractivity contribution in [1.29, 1.82) is 0 Å². The van der Waals surface area contributed by atoms with Gasteiger partial charge in [0.15, 0.2) is 11.2 Å². The van der Waals surface area contributed by atoms with Gasteiger partial charge in [-0.1, -0.05) is 36.0 Å². The van der Waals surface area contributed by atoms with Crippen molar-refractivity contribution in [3.05, 3.63) is 65.7 Å². The van der Waals surface area contributed by atoms with Gasteiger partial charge < -0.3 is 4.74 Å². The second-order valence-electron chi connectivity index (χ2n) is 4.34. The first-order valence-electron chi connectivity index (χ1n) is 6.32. The zero-order valence-electron chi connectivity index (χ0n) is 11.4. The Morgan fingerprint density at radius 2 is 1.71 bits per heavy atom. The Balaban J connectivity index is 2.10. The van der Waals surface area contributed by atoms with Gasteiger partial charge in [-0.05, 0) is 24.3 Å². The monoisotopic (exact) mass is 308 g/mol. The highest BCUT2D eigenvalue weighted by Gasteiger charge is 2.22. The standard InChI is InChI=1S/C16H14F2O2S/c1-20-16(21-11-6-3-2-4-7-11)15(19)10-12-13(17)8-5-9-14(12)18/h2-9,16H,10H2,1H3. The van der Waals surface area contributed by atoms with Crippen molar-refractivity contribution >= 4 is 17.5 Å². The third-order valence-electron chi connectivity index (χ3n) is 2.88. The largest absolute Gasteiger partial charge is 0.363 e. The molecule has 1 atom stereocenters. The first-order valence-corrected chi connectivity index (χ1v) is 7.20. The first kappa shape index (κ1) is 15.7. The van der Waals surface area contributed by atoms with E-state index in [4.69, 9.17) is 4.74 Å². The maximum absolute atomic E-state index is 13.6. The van der Waals surface area contributed by atoms with Crippen LogP contribution in [-0.4, -0.2) is 18.3 Å². The average Bonchev–Trinajstić information content (AvgIpc) is 2.49. The molecule has 0 fully saturated rings. The van der Waals surface area contributed by atoms with E-state index in [-0.39, 0.29) is 17.8 Å². The molecule has 0 spiro atoms. The van der Waals surface area contributed by atoms with Crippen molar-refractivity contribution < 1.29 is 18.3 Å². The van der Waals surface area contributed by atoms with Gasteiger partial charge in [-0.3, -0.25) is 4.79 Å². The van der Waals surface area contributed by atoms with E-state index in [1.165, 1.54) is 24.9 Å². The van der Waals surface area contributed by atoms with E-state index in [0.29, 0.717) is 0 Å². The van der Waals surface area contributed by atoms with Gasteiger partial charge in [0.05, 0.1) is 0 Å². The summed E-state index contributed by atoms with van der Waals surface area (Å²) in [7, 11) is 1.40. The van der Waals surface area contributed by atoms with Crippen molar-refractivity contribution in [3.8, 4) is 0 Å². The Bertz CT molecular complexity index is 597. The van der Waals surface area contributed by atoms with E-state index in [9.17, 15) is 13.6 Å². The van der Waals surface area contributed by atoms with Gasteiger partial charge in [0, 0.05) is 24.0 Å². The molecule has 2 aromatic carbocycles. The fourth-order valence-corrected chi connectivity index (χ4v) is 2.70. The van der Waals surface area contributed by atoms with Gasteiger partial charge in [-0.2, -0.15) is 0 Å². The summed E-state index contributed by atoms with van der Waals surface area (Å²) in [5.41, 5.74) is -1.02. The predicted octanol–water partition coefficient (Wildman–Crippen LogP) is 3.84. The molecule has 110 valence electrons. The number of carbonyl (C=O) groups is 1. The minimum atomic E-state index is -0.800. The van der Waals surface area contributed by atoms with Crippen molar-refractivity contribution in [1.82, 2.24) is 0 Å². The molecule has 0 aromatic heterocycles. The molecule has 0 radical (unpaired) electrons. The third kappa shape index (κ3) is 4.12. The third-order valence-corrected chi connectivity index (χ3v) is 4.09. The van der Waals surface area contributed by atoms with Crippen LogP contribution in [0.2, 0.25) is 0 Å². The molecule has 1 unspecified atom stereocenters. The van der Waals surface area contributed by atoms with Crippen LogP contribution in [0.3, 0.4) is 0 Å². The number of rotatable bonds is 6. The lowest BCUT2D eigenvalue weighted by atomic mass is 10.1. The number of thioether (sulfide) groups is 1. The molecule has 0 saturated carbocycles. The smallest absolute Gasteiger partial charge is 0.176 e. The van der Waals surface area contributed by atoms with Crippen molar-refractivity contribution in [2.24, 2.45) is 0 Å². The van der Waals surface area contributed by atoms with E-state index in [0.717, 1.165) is 17.0 Å². The number of Topliss-reactive ketones (excluding diaryl/α,β-unsaturated/α-hetero) is 1. The van der Waals surface area contributed by atoms with Crippen LogP contribution in [0.15, 0.2) is 53.4 Å². The van der Waals surface area contributed by atoms with Crippen LogP contribution in [-0.2, 0) is 16.0 Å². The summed E-state index contributed by atoms with van der Waals surface area (Å²) in [4.78, 5) is 13.0. The summed E-state index contributed by atoms with van der Waals surface area (Å²) in [5, 5.41) is 0. The molecule has 5 heteroatoms. The van der Waals surface area contributed by atoms with Gasteiger partial charge in [0.2, 0.25) is 0 Å². The number of carbonyl (C=O) groups excluding carboxylic acids is 1. The van der Waals surface area contributed by atoms with Gasteiger partial charge in [-0.15, -0.1) is 0 Å². The van der Waals surface area contributed by atoms with Gasteiger partial charge in [0.25, 0.3) is 0 Å². The highest BCUT2D eigenvalue weighted by molar-refractivity contribution is 8.00.